The highest BCUT2D eigenvalue weighted by Gasteiger charge is 2.07. The first kappa shape index (κ1) is 14.8. The molecular weight excluding hydrogens is 204 g/mol. The molecule has 0 aromatic rings. The second-order valence-electron chi connectivity index (χ2n) is 5.68. The standard InChI is InChI=1S/C17H32/c1-3-12-16(13-4-2)17-14-10-8-6-5-7-9-11-15-17/h3-15H2,1-2H3. The van der Waals surface area contributed by atoms with Crippen molar-refractivity contribution in [1.82, 2.24) is 0 Å². The molecule has 0 aliphatic heterocycles. The summed E-state index contributed by atoms with van der Waals surface area (Å²) < 4.78 is 0. The van der Waals surface area contributed by atoms with Crippen LogP contribution in [0.25, 0.3) is 0 Å². The molecule has 17 heavy (non-hydrogen) atoms. The molecule has 0 aromatic heterocycles. The van der Waals surface area contributed by atoms with Gasteiger partial charge in [0.05, 0.1) is 0 Å². The minimum absolute atomic E-state index is 1.33. The zero-order chi connectivity index (χ0) is 12.3. The van der Waals surface area contributed by atoms with Gasteiger partial charge < -0.3 is 0 Å². The Hall–Kier alpha value is -0.260. The van der Waals surface area contributed by atoms with Gasteiger partial charge in [-0.1, -0.05) is 69.9 Å². The van der Waals surface area contributed by atoms with Crippen molar-refractivity contribution in [3.05, 3.63) is 11.1 Å². The van der Waals surface area contributed by atoms with Gasteiger partial charge in [0.2, 0.25) is 0 Å². The van der Waals surface area contributed by atoms with E-state index in [1.165, 1.54) is 83.5 Å². The SMILES string of the molecule is CCCC(CCC)=C1CCCCCCCCC1. The summed E-state index contributed by atoms with van der Waals surface area (Å²) in [5, 5.41) is 0. The number of allylic oxidation sites excluding steroid dienone is 2. The van der Waals surface area contributed by atoms with E-state index in [9.17, 15) is 0 Å². The molecule has 0 atom stereocenters. The lowest BCUT2D eigenvalue weighted by molar-refractivity contribution is 0.545. The lowest BCUT2D eigenvalue weighted by Gasteiger charge is -2.16. The number of hydrogen-bond acceptors (Lipinski definition) is 0. The van der Waals surface area contributed by atoms with Crippen LogP contribution in [0.1, 0.15) is 97.3 Å². The lowest BCUT2D eigenvalue weighted by Crippen LogP contribution is -1.96. The Bertz CT molecular complexity index is 192. The number of hydrogen-bond donors (Lipinski definition) is 0. The van der Waals surface area contributed by atoms with Gasteiger partial charge >= 0.3 is 0 Å². The van der Waals surface area contributed by atoms with E-state index in [2.05, 4.69) is 13.8 Å². The molecule has 1 aliphatic carbocycles. The molecule has 100 valence electrons. The van der Waals surface area contributed by atoms with Crippen molar-refractivity contribution in [3.63, 3.8) is 0 Å². The lowest BCUT2D eigenvalue weighted by atomic mass is 9.90. The predicted octanol–water partition coefficient (Wildman–Crippen LogP) is 6.41. The first-order chi connectivity index (χ1) is 8.38. The van der Waals surface area contributed by atoms with Crippen LogP contribution in [0.15, 0.2) is 11.1 Å². The van der Waals surface area contributed by atoms with E-state index in [0.717, 1.165) is 0 Å². The van der Waals surface area contributed by atoms with E-state index >= 15 is 0 Å². The average molecular weight is 236 g/mol. The topological polar surface area (TPSA) is 0 Å². The Balaban J connectivity index is 2.60. The molecule has 0 aromatic carbocycles. The Morgan fingerprint density at radius 1 is 0.706 bits per heavy atom. The second-order valence-corrected chi connectivity index (χ2v) is 5.68. The third-order valence-corrected chi connectivity index (χ3v) is 4.06. The summed E-state index contributed by atoms with van der Waals surface area (Å²) in [6, 6.07) is 0. The van der Waals surface area contributed by atoms with E-state index in [4.69, 9.17) is 0 Å². The zero-order valence-electron chi connectivity index (χ0n) is 12.2. The maximum absolute atomic E-state index is 2.33. The summed E-state index contributed by atoms with van der Waals surface area (Å²) in [6.45, 7) is 4.66. The Morgan fingerprint density at radius 2 is 1.12 bits per heavy atom. The summed E-state index contributed by atoms with van der Waals surface area (Å²) in [5.41, 5.74) is 3.69. The highest BCUT2D eigenvalue weighted by atomic mass is 14.1. The minimum atomic E-state index is 1.33. The van der Waals surface area contributed by atoms with Crippen LogP contribution in [0, 0.1) is 0 Å². The average Bonchev–Trinajstić information content (AvgIpc) is 2.36. The van der Waals surface area contributed by atoms with Gasteiger partial charge in [-0.2, -0.15) is 0 Å². The fraction of sp³-hybridized carbons (Fsp3) is 0.882. The van der Waals surface area contributed by atoms with Crippen LogP contribution < -0.4 is 0 Å². The molecule has 1 aliphatic rings. The van der Waals surface area contributed by atoms with Gasteiger partial charge in [-0.05, 0) is 38.5 Å². The van der Waals surface area contributed by atoms with Gasteiger partial charge in [-0.15, -0.1) is 0 Å². The van der Waals surface area contributed by atoms with Gasteiger partial charge in [-0.3, -0.25) is 0 Å². The summed E-state index contributed by atoms with van der Waals surface area (Å²) in [6.07, 6.45) is 18.5. The summed E-state index contributed by atoms with van der Waals surface area (Å²) >= 11 is 0. The van der Waals surface area contributed by atoms with E-state index in [-0.39, 0.29) is 0 Å². The largest absolute Gasteiger partial charge is 0.0710 e. The number of rotatable bonds is 4. The molecule has 0 heteroatoms. The van der Waals surface area contributed by atoms with Crippen molar-refractivity contribution in [2.75, 3.05) is 0 Å². The van der Waals surface area contributed by atoms with Crippen molar-refractivity contribution in [3.8, 4) is 0 Å². The smallest absolute Gasteiger partial charge is 0.0318 e. The molecule has 1 rings (SSSR count). The van der Waals surface area contributed by atoms with Crippen LogP contribution in [0.2, 0.25) is 0 Å². The first-order valence-electron chi connectivity index (χ1n) is 8.08. The van der Waals surface area contributed by atoms with Crippen molar-refractivity contribution < 1.29 is 0 Å². The van der Waals surface area contributed by atoms with E-state index in [1.54, 1.807) is 0 Å². The van der Waals surface area contributed by atoms with Gasteiger partial charge in [0.1, 0.15) is 0 Å². The minimum Gasteiger partial charge on any atom is -0.0710 e. The molecule has 0 saturated heterocycles. The van der Waals surface area contributed by atoms with Crippen molar-refractivity contribution in [2.24, 2.45) is 0 Å². The van der Waals surface area contributed by atoms with E-state index < -0.39 is 0 Å². The zero-order valence-corrected chi connectivity index (χ0v) is 12.2. The molecule has 0 N–H and O–H groups in total. The summed E-state index contributed by atoms with van der Waals surface area (Å²) in [5.74, 6) is 0. The monoisotopic (exact) mass is 236 g/mol. The third-order valence-electron chi connectivity index (χ3n) is 4.06. The Kier molecular flexibility index (Phi) is 8.48. The fourth-order valence-electron chi connectivity index (χ4n) is 3.12. The van der Waals surface area contributed by atoms with Crippen LogP contribution in [0.5, 0.6) is 0 Å². The van der Waals surface area contributed by atoms with Crippen LogP contribution in [-0.4, -0.2) is 0 Å². The quantitative estimate of drug-likeness (QED) is 0.495. The first-order valence-corrected chi connectivity index (χ1v) is 8.08. The van der Waals surface area contributed by atoms with Crippen LogP contribution >= 0.6 is 0 Å². The molecular formula is C17H32. The molecule has 0 unspecified atom stereocenters. The van der Waals surface area contributed by atoms with Crippen molar-refractivity contribution in [2.45, 2.75) is 97.3 Å². The second kappa shape index (κ2) is 9.74. The molecule has 1 fully saturated rings. The van der Waals surface area contributed by atoms with Crippen LogP contribution in [-0.2, 0) is 0 Å². The van der Waals surface area contributed by atoms with Gasteiger partial charge in [0.25, 0.3) is 0 Å². The summed E-state index contributed by atoms with van der Waals surface area (Å²) in [4.78, 5) is 0. The highest BCUT2D eigenvalue weighted by molar-refractivity contribution is 5.14. The highest BCUT2D eigenvalue weighted by Crippen LogP contribution is 2.27. The molecule has 0 radical (unpaired) electrons. The van der Waals surface area contributed by atoms with Crippen LogP contribution in [0.3, 0.4) is 0 Å². The maximum Gasteiger partial charge on any atom is -0.0318 e. The molecule has 0 amide bonds. The molecule has 0 bridgehead atoms. The third kappa shape index (κ3) is 6.29. The maximum atomic E-state index is 2.33. The van der Waals surface area contributed by atoms with Crippen LogP contribution in [0.4, 0.5) is 0 Å². The molecule has 0 spiro atoms. The normalized spacial score (nSPS) is 19.1. The van der Waals surface area contributed by atoms with Gasteiger partial charge in [0.15, 0.2) is 0 Å². The Labute approximate surface area is 109 Å². The fourth-order valence-corrected chi connectivity index (χ4v) is 3.12. The predicted molar refractivity (Wildman–Crippen MR) is 78.4 cm³/mol. The van der Waals surface area contributed by atoms with Gasteiger partial charge in [0, 0.05) is 0 Å². The van der Waals surface area contributed by atoms with E-state index in [1.807, 2.05) is 11.1 Å². The summed E-state index contributed by atoms with van der Waals surface area (Å²) in [7, 11) is 0. The Morgan fingerprint density at radius 3 is 1.53 bits per heavy atom. The molecule has 0 nitrogen and oxygen atoms in total. The van der Waals surface area contributed by atoms with Crippen molar-refractivity contribution in [1.29, 1.82) is 0 Å². The van der Waals surface area contributed by atoms with E-state index in [0.29, 0.717) is 0 Å². The van der Waals surface area contributed by atoms with Crippen molar-refractivity contribution >= 4 is 0 Å². The van der Waals surface area contributed by atoms with Gasteiger partial charge in [-0.25, -0.2) is 0 Å². The molecule has 1 saturated carbocycles. The molecule has 0 heterocycles.